The molecule has 1 saturated carbocycles. The minimum Gasteiger partial charge on any atom is -0.480 e. The van der Waals surface area contributed by atoms with Crippen molar-refractivity contribution in [2.24, 2.45) is 5.92 Å². The molecule has 1 aliphatic carbocycles. The molecule has 2 aliphatic rings. The summed E-state index contributed by atoms with van der Waals surface area (Å²) in [5.41, 5.74) is 0. The fraction of sp³-hybridized carbons (Fsp3) is 0.917. The minimum absolute atomic E-state index is 0.242. The van der Waals surface area contributed by atoms with Crippen molar-refractivity contribution >= 4 is 17.7 Å². The molecule has 1 saturated heterocycles. The van der Waals surface area contributed by atoms with Crippen molar-refractivity contribution in [1.29, 1.82) is 0 Å². The van der Waals surface area contributed by atoms with Gasteiger partial charge in [0.25, 0.3) is 0 Å². The Labute approximate surface area is 102 Å². The SMILES string of the molecule is O=C(O)CN(CC1CCSC1)C1CCCC1. The highest BCUT2D eigenvalue weighted by Crippen LogP contribution is 2.28. The Morgan fingerprint density at radius 2 is 2.06 bits per heavy atom. The number of rotatable bonds is 5. The number of aliphatic carboxylic acids is 1. The smallest absolute Gasteiger partial charge is 0.317 e. The molecule has 0 spiro atoms. The molecular formula is C12H21NO2S. The summed E-state index contributed by atoms with van der Waals surface area (Å²) in [6, 6.07) is 0.543. The molecule has 1 heterocycles. The Morgan fingerprint density at radius 1 is 1.31 bits per heavy atom. The van der Waals surface area contributed by atoms with E-state index in [1.807, 2.05) is 11.8 Å². The molecule has 3 nitrogen and oxygen atoms in total. The van der Waals surface area contributed by atoms with E-state index in [-0.39, 0.29) is 6.54 Å². The highest BCUT2D eigenvalue weighted by atomic mass is 32.2. The summed E-state index contributed by atoms with van der Waals surface area (Å²) in [6.45, 7) is 1.25. The maximum Gasteiger partial charge on any atom is 0.317 e. The zero-order valence-electron chi connectivity index (χ0n) is 9.73. The molecule has 0 aromatic rings. The van der Waals surface area contributed by atoms with Gasteiger partial charge in [-0.15, -0.1) is 0 Å². The first-order valence-corrected chi connectivity index (χ1v) is 7.45. The number of nitrogens with zero attached hydrogens (tertiary/aromatic N) is 1. The predicted molar refractivity (Wildman–Crippen MR) is 66.9 cm³/mol. The Kier molecular flexibility index (Phi) is 4.53. The lowest BCUT2D eigenvalue weighted by Crippen LogP contribution is -2.40. The van der Waals surface area contributed by atoms with Crippen LogP contribution in [0.25, 0.3) is 0 Å². The second-order valence-corrected chi connectivity index (χ2v) is 6.14. The van der Waals surface area contributed by atoms with Crippen molar-refractivity contribution in [3.63, 3.8) is 0 Å². The molecule has 92 valence electrons. The summed E-state index contributed by atoms with van der Waals surface area (Å²) in [6.07, 6.45) is 6.23. The van der Waals surface area contributed by atoms with Crippen LogP contribution < -0.4 is 0 Å². The Morgan fingerprint density at radius 3 is 2.62 bits per heavy atom. The number of hydrogen-bond acceptors (Lipinski definition) is 3. The highest BCUT2D eigenvalue weighted by Gasteiger charge is 2.27. The summed E-state index contributed by atoms with van der Waals surface area (Å²) in [7, 11) is 0. The van der Waals surface area contributed by atoms with Gasteiger partial charge >= 0.3 is 5.97 Å². The van der Waals surface area contributed by atoms with Crippen molar-refractivity contribution in [1.82, 2.24) is 4.90 Å². The van der Waals surface area contributed by atoms with Crippen LogP contribution in [0, 0.1) is 5.92 Å². The van der Waals surface area contributed by atoms with Crippen LogP contribution in [0.5, 0.6) is 0 Å². The average molecular weight is 243 g/mol. The van der Waals surface area contributed by atoms with Crippen molar-refractivity contribution < 1.29 is 9.90 Å². The molecule has 1 unspecified atom stereocenters. The maximum atomic E-state index is 10.9. The molecule has 4 heteroatoms. The Bertz CT molecular complexity index is 235. The molecule has 0 bridgehead atoms. The van der Waals surface area contributed by atoms with Crippen molar-refractivity contribution in [3.05, 3.63) is 0 Å². The molecular weight excluding hydrogens is 222 g/mol. The first-order chi connectivity index (χ1) is 7.75. The van der Waals surface area contributed by atoms with E-state index in [2.05, 4.69) is 4.90 Å². The third-order valence-electron chi connectivity index (χ3n) is 3.70. The van der Waals surface area contributed by atoms with Crippen molar-refractivity contribution in [2.45, 2.75) is 38.1 Å². The summed E-state index contributed by atoms with van der Waals surface area (Å²) in [4.78, 5) is 13.1. The fourth-order valence-electron chi connectivity index (χ4n) is 2.84. The van der Waals surface area contributed by atoms with Crippen LogP contribution in [-0.2, 0) is 4.79 Å². The molecule has 1 N–H and O–H groups in total. The van der Waals surface area contributed by atoms with Gasteiger partial charge in [-0.3, -0.25) is 9.69 Å². The molecule has 1 atom stereocenters. The van der Waals surface area contributed by atoms with Gasteiger partial charge in [0, 0.05) is 12.6 Å². The lowest BCUT2D eigenvalue weighted by atomic mass is 10.1. The van der Waals surface area contributed by atoms with Crippen LogP contribution in [0.15, 0.2) is 0 Å². The summed E-state index contributed by atoms with van der Waals surface area (Å²) in [5.74, 6) is 2.54. The van der Waals surface area contributed by atoms with Gasteiger partial charge in [0.1, 0.15) is 0 Å². The van der Waals surface area contributed by atoms with Crippen molar-refractivity contribution in [2.75, 3.05) is 24.6 Å². The zero-order chi connectivity index (χ0) is 11.4. The van der Waals surface area contributed by atoms with Gasteiger partial charge in [0.05, 0.1) is 6.54 Å². The summed E-state index contributed by atoms with van der Waals surface area (Å²) >= 11 is 2.01. The third-order valence-corrected chi connectivity index (χ3v) is 4.93. The first kappa shape index (κ1) is 12.2. The van der Waals surface area contributed by atoms with E-state index in [0.717, 1.165) is 12.5 Å². The number of carboxylic acid groups (broad SMARTS) is 1. The second-order valence-electron chi connectivity index (χ2n) is 4.99. The van der Waals surface area contributed by atoms with E-state index in [0.29, 0.717) is 6.04 Å². The Hall–Kier alpha value is -0.220. The number of hydrogen-bond donors (Lipinski definition) is 1. The number of carboxylic acids is 1. The zero-order valence-corrected chi connectivity index (χ0v) is 10.5. The molecule has 2 fully saturated rings. The largest absolute Gasteiger partial charge is 0.480 e. The highest BCUT2D eigenvalue weighted by molar-refractivity contribution is 7.99. The van der Waals surface area contributed by atoms with E-state index in [4.69, 9.17) is 5.11 Å². The van der Waals surface area contributed by atoms with E-state index in [1.54, 1.807) is 0 Å². The van der Waals surface area contributed by atoms with Crippen LogP contribution in [0.2, 0.25) is 0 Å². The van der Waals surface area contributed by atoms with E-state index in [9.17, 15) is 4.79 Å². The van der Waals surface area contributed by atoms with Gasteiger partial charge in [-0.05, 0) is 36.7 Å². The van der Waals surface area contributed by atoms with E-state index < -0.39 is 5.97 Å². The van der Waals surface area contributed by atoms with Gasteiger partial charge in [0.2, 0.25) is 0 Å². The van der Waals surface area contributed by atoms with E-state index in [1.165, 1.54) is 43.6 Å². The normalized spacial score (nSPS) is 26.7. The maximum absolute atomic E-state index is 10.9. The van der Waals surface area contributed by atoms with Crippen LogP contribution >= 0.6 is 11.8 Å². The summed E-state index contributed by atoms with van der Waals surface area (Å²) < 4.78 is 0. The molecule has 16 heavy (non-hydrogen) atoms. The monoisotopic (exact) mass is 243 g/mol. The first-order valence-electron chi connectivity index (χ1n) is 6.29. The molecule has 0 aromatic heterocycles. The van der Waals surface area contributed by atoms with Gasteiger partial charge in [-0.2, -0.15) is 11.8 Å². The molecule has 0 amide bonds. The van der Waals surface area contributed by atoms with Gasteiger partial charge in [0.15, 0.2) is 0 Å². The Balaban J connectivity index is 1.87. The number of carbonyl (C=O) groups is 1. The molecule has 1 aliphatic heterocycles. The topological polar surface area (TPSA) is 40.5 Å². The number of thioether (sulfide) groups is 1. The quantitative estimate of drug-likeness (QED) is 0.802. The minimum atomic E-state index is -0.669. The third kappa shape index (κ3) is 3.39. The lowest BCUT2D eigenvalue weighted by molar-refractivity contribution is -0.139. The van der Waals surface area contributed by atoms with Crippen LogP contribution in [0.1, 0.15) is 32.1 Å². The molecule has 0 aromatic carbocycles. The lowest BCUT2D eigenvalue weighted by Gasteiger charge is -2.29. The van der Waals surface area contributed by atoms with Gasteiger partial charge in [-0.1, -0.05) is 12.8 Å². The summed E-state index contributed by atoms with van der Waals surface area (Å²) in [5, 5.41) is 8.97. The second kappa shape index (κ2) is 5.92. The molecule has 2 rings (SSSR count). The van der Waals surface area contributed by atoms with Gasteiger partial charge in [-0.25, -0.2) is 0 Å². The van der Waals surface area contributed by atoms with Crippen LogP contribution in [-0.4, -0.2) is 46.6 Å². The average Bonchev–Trinajstić information content (AvgIpc) is 2.88. The van der Waals surface area contributed by atoms with Crippen LogP contribution in [0.4, 0.5) is 0 Å². The fourth-order valence-corrected chi connectivity index (χ4v) is 4.12. The van der Waals surface area contributed by atoms with Crippen molar-refractivity contribution in [3.8, 4) is 0 Å². The predicted octanol–water partition coefficient (Wildman–Crippen LogP) is 2.07. The van der Waals surface area contributed by atoms with Gasteiger partial charge < -0.3 is 5.11 Å². The standard InChI is InChI=1S/C12H21NO2S/c14-12(15)8-13(11-3-1-2-4-11)7-10-5-6-16-9-10/h10-11H,1-9H2,(H,14,15). The van der Waals surface area contributed by atoms with E-state index >= 15 is 0 Å². The van der Waals surface area contributed by atoms with Crippen LogP contribution in [0.3, 0.4) is 0 Å². The molecule has 0 radical (unpaired) electrons.